The first kappa shape index (κ1) is 24.4. The molecule has 0 spiro atoms. The molecule has 8 nitrogen and oxygen atoms in total. The smallest absolute Gasteiger partial charge is 0.272 e. The van der Waals surface area contributed by atoms with Crippen LogP contribution in [0.25, 0.3) is 11.3 Å². The minimum absolute atomic E-state index is 0.267. The third kappa shape index (κ3) is 6.27. The van der Waals surface area contributed by atoms with Gasteiger partial charge in [-0.25, -0.2) is 9.97 Å². The highest BCUT2D eigenvalue weighted by molar-refractivity contribution is 5.92. The van der Waals surface area contributed by atoms with E-state index in [4.69, 9.17) is 4.74 Å². The monoisotopic (exact) mass is 494 g/mol. The summed E-state index contributed by atoms with van der Waals surface area (Å²) in [4.78, 5) is 23.5. The van der Waals surface area contributed by atoms with Crippen molar-refractivity contribution < 1.29 is 9.53 Å². The highest BCUT2D eigenvalue weighted by Crippen LogP contribution is 2.25. The van der Waals surface area contributed by atoms with Crippen LogP contribution >= 0.6 is 0 Å². The first-order chi connectivity index (χ1) is 18.2. The number of aromatic nitrogens is 4. The Kier molecular flexibility index (Phi) is 7.64. The molecule has 0 aliphatic carbocycles. The van der Waals surface area contributed by atoms with E-state index in [1.807, 2.05) is 36.4 Å². The molecule has 0 unspecified atom stereocenters. The Balaban J connectivity index is 1.13. The lowest BCUT2D eigenvalue weighted by Gasteiger charge is -2.32. The molecule has 1 aliphatic rings. The Bertz CT molecular complexity index is 1300. The number of piperidine rings is 1. The second kappa shape index (κ2) is 11.6. The van der Waals surface area contributed by atoms with Gasteiger partial charge in [0.25, 0.3) is 5.91 Å². The number of carbonyl (C=O) groups is 1. The average molecular weight is 495 g/mol. The zero-order chi connectivity index (χ0) is 25.5. The molecule has 0 atom stereocenters. The molecule has 2 aromatic carbocycles. The molecule has 3 heterocycles. The fourth-order valence-corrected chi connectivity index (χ4v) is 4.60. The lowest BCUT2D eigenvalue weighted by atomic mass is 9.90. The Morgan fingerprint density at radius 3 is 2.46 bits per heavy atom. The van der Waals surface area contributed by atoms with E-state index >= 15 is 0 Å². The summed E-state index contributed by atoms with van der Waals surface area (Å²) in [6.45, 7) is 2.16. The number of nitrogens with one attached hydrogen (secondary N) is 1. The topological polar surface area (TPSA) is 93.1 Å². The van der Waals surface area contributed by atoms with Gasteiger partial charge in [0.2, 0.25) is 0 Å². The van der Waals surface area contributed by atoms with Gasteiger partial charge < -0.3 is 15.0 Å². The van der Waals surface area contributed by atoms with Gasteiger partial charge in [-0.1, -0.05) is 30.3 Å². The van der Waals surface area contributed by atoms with E-state index in [-0.39, 0.29) is 18.1 Å². The van der Waals surface area contributed by atoms with E-state index in [9.17, 15) is 4.79 Å². The maximum Gasteiger partial charge on any atom is 0.272 e. The number of hydrogen-bond acceptors (Lipinski definition) is 7. The molecule has 0 bridgehead atoms. The predicted octanol–water partition coefficient (Wildman–Crippen LogP) is 4.33. The number of methoxy groups -OCH3 is 1. The molecular weight excluding hydrogens is 464 g/mol. The molecule has 4 aromatic rings. The van der Waals surface area contributed by atoms with E-state index in [2.05, 4.69) is 60.7 Å². The minimum Gasteiger partial charge on any atom is -0.497 e. The van der Waals surface area contributed by atoms with Crippen molar-refractivity contribution in [3.63, 3.8) is 0 Å². The van der Waals surface area contributed by atoms with Crippen molar-refractivity contribution in [3.05, 3.63) is 96.1 Å². The Hall–Kier alpha value is -4.33. The highest BCUT2D eigenvalue weighted by atomic mass is 16.5. The lowest BCUT2D eigenvalue weighted by Crippen LogP contribution is -2.35. The molecule has 5 rings (SSSR count). The zero-order valence-electron chi connectivity index (χ0n) is 20.9. The third-order valence-corrected chi connectivity index (χ3v) is 6.73. The molecule has 0 radical (unpaired) electrons. The first-order valence-electron chi connectivity index (χ1n) is 12.5. The van der Waals surface area contributed by atoms with Crippen LogP contribution in [0.1, 0.15) is 34.6 Å². The van der Waals surface area contributed by atoms with Gasteiger partial charge in [-0.05, 0) is 73.2 Å². The van der Waals surface area contributed by atoms with E-state index in [0.717, 1.165) is 55.2 Å². The van der Waals surface area contributed by atoms with Crippen molar-refractivity contribution in [1.82, 2.24) is 25.5 Å². The Morgan fingerprint density at radius 2 is 1.76 bits per heavy atom. The summed E-state index contributed by atoms with van der Waals surface area (Å²) >= 11 is 0. The second-order valence-electron chi connectivity index (χ2n) is 9.20. The van der Waals surface area contributed by atoms with Crippen LogP contribution in [0.5, 0.6) is 5.75 Å². The van der Waals surface area contributed by atoms with Crippen molar-refractivity contribution in [1.29, 1.82) is 0 Å². The zero-order valence-corrected chi connectivity index (χ0v) is 20.9. The third-order valence-electron chi connectivity index (χ3n) is 6.73. The van der Waals surface area contributed by atoms with Crippen LogP contribution in [0.15, 0.2) is 79.1 Å². The van der Waals surface area contributed by atoms with Gasteiger partial charge in [-0.15, -0.1) is 10.2 Å². The van der Waals surface area contributed by atoms with Crippen molar-refractivity contribution >= 4 is 11.7 Å². The fourth-order valence-electron chi connectivity index (χ4n) is 4.60. The molecule has 8 heteroatoms. The number of anilines is 1. The maximum absolute atomic E-state index is 12.7. The van der Waals surface area contributed by atoms with Crippen LogP contribution in [0.4, 0.5) is 5.82 Å². The second-order valence-corrected chi connectivity index (χ2v) is 9.20. The van der Waals surface area contributed by atoms with Crippen LogP contribution in [0.2, 0.25) is 0 Å². The molecule has 1 aliphatic heterocycles. The number of benzene rings is 2. The Labute approximate surface area is 216 Å². The van der Waals surface area contributed by atoms with Gasteiger partial charge in [0, 0.05) is 18.7 Å². The standard InChI is InChI=1S/C29H30N6O2/c1-37-25-9-7-23(8-10-25)27-18-24(31-20-32-27)19-30-29(36)26-11-12-28(34-33-26)35-15-13-22(14-16-35)17-21-5-3-2-4-6-21/h2-12,18,20,22H,13-17,19H2,1H3,(H,30,36). The van der Waals surface area contributed by atoms with Crippen LogP contribution in [-0.4, -0.2) is 46.3 Å². The predicted molar refractivity (Wildman–Crippen MR) is 142 cm³/mol. The fraction of sp³-hybridized carbons (Fsp3) is 0.276. The lowest BCUT2D eigenvalue weighted by molar-refractivity contribution is 0.0944. The van der Waals surface area contributed by atoms with E-state index in [1.165, 1.54) is 11.9 Å². The molecule has 1 saturated heterocycles. The van der Waals surface area contributed by atoms with E-state index < -0.39 is 0 Å². The van der Waals surface area contributed by atoms with Gasteiger partial charge in [-0.3, -0.25) is 4.79 Å². The first-order valence-corrected chi connectivity index (χ1v) is 12.5. The summed E-state index contributed by atoms with van der Waals surface area (Å²) in [7, 11) is 1.63. The normalized spacial score (nSPS) is 13.8. The van der Waals surface area contributed by atoms with Crippen molar-refractivity contribution in [2.24, 2.45) is 5.92 Å². The van der Waals surface area contributed by atoms with Crippen LogP contribution in [-0.2, 0) is 13.0 Å². The molecule has 2 aromatic heterocycles. The molecule has 1 fully saturated rings. The van der Waals surface area contributed by atoms with E-state index in [1.54, 1.807) is 13.2 Å². The summed E-state index contributed by atoms with van der Waals surface area (Å²) in [5, 5.41) is 11.4. The largest absolute Gasteiger partial charge is 0.497 e. The van der Waals surface area contributed by atoms with Gasteiger partial charge >= 0.3 is 0 Å². The molecule has 188 valence electrons. The number of nitrogens with zero attached hydrogens (tertiary/aromatic N) is 5. The molecular formula is C29H30N6O2. The SMILES string of the molecule is COc1ccc(-c2cc(CNC(=O)c3ccc(N4CCC(Cc5ccccc5)CC4)nn3)ncn2)cc1. The summed E-state index contributed by atoms with van der Waals surface area (Å²) in [5.41, 5.74) is 4.11. The van der Waals surface area contributed by atoms with Crippen LogP contribution in [0, 0.1) is 5.92 Å². The van der Waals surface area contributed by atoms with Crippen molar-refractivity contribution in [2.45, 2.75) is 25.8 Å². The molecule has 37 heavy (non-hydrogen) atoms. The number of rotatable bonds is 8. The summed E-state index contributed by atoms with van der Waals surface area (Å²) in [6.07, 6.45) is 4.86. The molecule has 1 amide bonds. The van der Waals surface area contributed by atoms with Gasteiger partial charge in [0.15, 0.2) is 11.5 Å². The molecule has 0 saturated carbocycles. The van der Waals surface area contributed by atoms with Gasteiger partial charge in [0.1, 0.15) is 12.1 Å². The van der Waals surface area contributed by atoms with Gasteiger partial charge in [0.05, 0.1) is 25.0 Å². The summed E-state index contributed by atoms with van der Waals surface area (Å²) in [6, 6.07) is 23.8. The minimum atomic E-state index is -0.287. The highest BCUT2D eigenvalue weighted by Gasteiger charge is 2.21. The molecule has 1 N–H and O–H groups in total. The maximum atomic E-state index is 12.7. The summed E-state index contributed by atoms with van der Waals surface area (Å²) < 4.78 is 5.21. The van der Waals surface area contributed by atoms with Crippen molar-refractivity contribution in [3.8, 4) is 17.0 Å². The quantitative estimate of drug-likeness (QED) is 0.390. The van der Waals surface area contributed by atoms with Crippen LogP contribution < -0.4 is 15.0 Å². The number of carbonyl (C=O) groups excluding carboxylic acids is 1. The van der Waals surface area contributed by atoms with Crippen LogP contribution in [0.3, 0.4) is 0 Å². The van der Waals surface area contributed by atoms with Crippen molar-refractivity contribution in [2.75, 3.05) is 25.1 Å². The summed E-state index contributed by atoms with van der Waals surface area (Å²) in [5.74, 6) is 1.99. The van der Waals surface area contributed by atoms with Gasteiger partial charge in [-0.2, -0.15) is 0 Å². The number of amides is 1. The van der Waals surface area contributed by atoms with E-state index in [0.29, 0.717) is 11.6 Å². The number of hydrogen-bond donors (Lipinski definition) is 1. The Morgan fingerprint density at radius 1 is 0.973 bits per heavy atom. The number of ether oxygens (including phenoxy) is 1. The average Bonchev–Trinajstić information content (AvgIpc) is 2.97.